The van der Waals surface area contributed by atoms with Gasteiger partial charge in [-0.15, -0.1) is 0 Å². The Morgan fingerprint density at radius 1 is 0.259 bits per heavy atom. The van der Waals surface area contributed by atoms with Crippen molar-refractivity contribution >= 4 is 23.1 Å². The average molecular weight is 757 g/mol. The van der Waals surface area contributed by atoms with E-state index in [-0.39, 0.29) is 23.1 Å². The van der Waals surface area contributed by atoms with Gasteiger partial charge in [0.25, 0.3) is 0 Å². The number of Topliss-reactive ketones (excluding diaryl/α,β-unsaturated/α-hetero) is 4. The lowest BCUT2D eigenvalue weighted by Crippen LogP contribution is -2.38. The van der Waals surface area contributed by atoms with E-state index in [1.54, 1.807) is 24.3 Å². The van der Waals surface area contributed by atoms with Crippen molar-refractivity contribution in [2.45, 2.75) is 51.4 Å². The van der Waals surface area contributed by atoms with Crippen LogP contribution in [0.3, 0.4) is 0 Å². The van der Waals surface area contributed by atoms with Gasteiger partial charge in [-0.3, -0.25) is 19.2 Å². The molecule has 0 fully saturated rings. The maximum Gasteiger partial charge on any atom is 0.178 e. The molecule has 284 valence electrons. The molecular weight excluding hydrogens is 713 g/mol. The van der Waals surface area contributed by atoms with Gasteiger partial charge in [0.2, 0.25) is 0 Å². The van der Waals surface area contributed by atoms with Crippen LogP contribution in [0.5, 0.6) is 0 Å². The number of carbonyl (C=O) groups is 4. The molecule has 0 saturated heterocycles. The Hall–Kier alpha value is -6.52. The van der Waals surface area contributed by atoms with E-state index in [2.05, 4.69) is 121 Å². The quantitative estimate of drug-likeness (QED) is 0.114. The lowest BCUT2D eigenvalue weighted by atomic mass is 9.72. The lowest BCUT2D eigenvalue weighted by molar-refractivity contribution is 0.0681. The van der Waals surface area contributed by atoms with Crippen molar-refractivity contribution in [2.75, 3.05) is 0 Å². The first-order valence-electron chi connectivity index (χ1n) is 20.3. The van der Waals surface area contributed by atoms with Gasteiger partial charge in [-0.05, 0) is 95.9 Å². The zero-order valence-corrected chi connectivity index (χ0v) is 32.5. The first-order valence-corrected chi connectivity index (χ1v) is 20.3. The summed E-state index contributed by atoms with van der Waals surface area (Å²) in [7, 11) is 0. The summed E-state index contributed by atoms with van der Waals surface area (Å²) in [6.45, 7) is 0. The summed E-state index contributed by atoms with van der Waals surface area (Å²) in [5.74, 6) is -0.371. The number of hydrogen-bond donors (Lipinski definition) is 0. The molecule has 0 amide bonds. The van der Waals surface area contributed by atoms with Gasteiger partial charge in [-0.1, -0.05) is 170 Å². The van der Waals surface area contributed by atoms with Gasteiger partial charge in [0.15, 0.2) is 23.1 Å². The summed E-state index contributed by atoms with van der Waals surface area (Å²) >= 11 is 0. The highest BCUT2D eigenvalue weighted by atomic mass is 16.2. The fourth-order valence-electron chi connectivity index (χ4n) is 9.21. The molecule has 0 aliphatic heterocycles. The van der Waals surface area contributed by atoms with Gasteiger partial charge in [0.1, 0.15) is 10.8 Å². The fourth-order valence-corrected chi connectivity index (χ4v) is 9.21. The minimum atomic E-state index is -1.19. The van der Waals surface area contributed by atoms with Crippen LogP contribution in [0, 0.1) is 10.8 Å². The van der Waals surface area contributed by atoms with Crippen LogP contribution in [0.4, 0.5) is 0 Å². The van der Waals surface area contributed by atoms with E-state index in [1.165, 1.54) is 0 Å². The number of allylic oxidation sites excluding steroid dienone is 4. The minimum absolute atomic E-state index is 0.0928. The summed E-state index contributed by atoms with van der Waals surface area (Å²) in [6, 6.07) is 47.7. The first kappa shape index (κ1) is 37.1. The van der Waals surface area contributed by atoms with Crippen molar-refractivity contribution in [1.82, 2.24) is 0 Å². The maximum atomic E-state index is 14.2. The summed E-state index contributed by atoms with van der Waals surface area (Å²) < 4.78 is 0. The van der Waals surface area contributed by atoms with Crippen LogP contribution in [-0.2, 0) is 51.4 Å². The SMILES string of the molecule is O=C1c2ccccc2C(=O)C12Cc1ccc(cc1)C/C=C/Cc1ccc(cc1)CC1(Cc3ccc(cc3)C/C=C/Cc3ccc(cc3)C2)C(=O)c2ccccc2C1=O. The first-order chi connectivity index (χ1) is 28.3. The second-order valence-electron chi connectivity index (χ2n) is 16.3. The zero-order valence-electron chi connectivity index (χ0n) is 32.5. The third-order valence-corrected chi connectivity index (χ3v) is 12.4. The molecule has 6 aromatic carbocycles. The van der Waals surface area contributed by atoms with E-state index in [4.69, 9.17) is 0 Å². The molecule has 2 spiro atoms. The van der Waals surface area contributed by atoms with Crippen molar-refractivity contribution in [1.29, 1.82) is 0 Å². The maximum absolute atomic E-state index is 14.2. The second kappa shape index (κ2) is 15.4. The Labute approximate surface area is 340 Å². The van der Waals surface area contributed by atoms with Crippen LogP contribution in [0.2, 0.25) is 0 Å². The molecule has 9 aliphatic carbocycles. The fraction of sp³-hybridized carbons (Fsp3) is 0.185. The highest BCUT2D eigenvalue weighted by Crippen LogP contribution is 2.44. The smallest absolute Gasteiger partial charge is 0.178 e. The number of carbonyl (C=O) groups excluding carboxylic acids is 4. The van der Waals surface area contributed by atoms with Crippen molar-refractivity contribution in [3.8, 4) is 0 Å². The van der Waals surface area contributed by atoms with E-state index >= 15 is 0 Å². The van der Waals surface area contributed by atoms with Crippen molar-refractivity contribution < 1.29 is 19.2 Å². The van der Waals surface area contributed by atoms with Crippen LogP contribution in [-0.4, -0.2) is 23.1 Å². The third kappa shape index (κ3) is 6.94. The molecule has 58 heavy (non-hydrogen) atoms. The molecule has 6 aromatic rings. The van der Waals surface area contributed by atoms with Gasteiger partial charge in [-0.25, -0.2) is 0 Å². The summed E-state index contributed by atoms with van der Waals surface area (Å²) in [5, 5.41) is 0. The van der Waals surface area contributed by atoms with Crippen LogP contribution in [0.15, 0.2) is 170 Å². The minimum Gasteiger partial charge on any atom is -0.293 e. The molecule has 0 heterocycles. The van der Waals surface area contributed by atoms with Crippen LogP contribution in [0.1, 0.15) is 85.9 Å². The number of ketones is 4. The van der Waals surface area contributed by atoms with Gasteiger partial charge in [0, 0.05) is 22.3 Å². The Balaban J connectivity index is 1.01. The predicted molar refractivity (Wildman–Crippen MR) is 229 cm³/mol. The highest BCUT2D eigenvalue weighted by Gasteiger charge is 2.53. The number of fused-ring (bicyclic) bond motifs is 2. The number of benzene rings is 6. The molecule has 0 radical (unpaired) electrons. The summed E-state index contributed by atoms with van der Waals surface area (Å²) in [4.78, 5) is 56.7. The third-order valence-electron chi connectivity index (χ3n) is 12.4. The van der Waals surface area contributed by atoms with Crippen molar-refractivity contribution in [3.63, 3.8) is 0 Å². The number of hydrogen-bond acceptors (Lipinski definition) is 4. The van der Waals surface area contributed by atoms with Crippen molar-refractivity contribution in [3.05, 3.63) is 237 Å². The second-order valence-corrected chi connectivity index (χ2v) is 16.3. The molecular formula is C54H44O4. The molecule has 8 bridgehead atoms. The van der Waals surface area contributed by atoms with Crippen LogP contribution in [0.25, 0.3) is 0 Å². The van der Waals surface area contributed by atoms with Gasteiger partial charge < -0.3 is 0 Å². The van der Waals surface area contributed by atoms with Crippen LogP contribution >= 0.6 is 0 Å². The normalized spacial score (nSPS) is 18.5. The molecule has 0 N–H and O–H groups in total. The molecule has 4 heteroatoms. The highest BCUT2D eigenvalue weighted by molar-refractivity contribution is 6.30. The molecule has 0 atom stereocenters. The standard InChI is InChI=1S/C54H44O4/c55-49-45-13-5-6-14-46(45)50(56)53(49)33-41-25-17-37(18-26-41)9-1-2-10-38-19-27-42(28-20-38)34-54(51(57)47-15-7-8-16-48(47)52(54)58)36-44-31-23-40(24-32-44)12-4-3-11-39-21-29-43(35-53)30-22-39/h1-8,13-32H,9-12,33-36H2/b2-1+,4-3+. The van der Waals surface area contributed by atoms with E-state index in [0.717, 1.165) is 70.2 Å². The Bertz CT molecular complexity index is 2240. The summed E-state index contributed by atoms with van der Waals surface area (Å²) in [5.41, 5.74) is 8.14. The van der Waals surface area contributed by atoms with Crippen molar-refractivity contribution in [2.24, 2.45) is 10.8 Å². The average Bonchev–Trinajstić information content (AvgIpc) is 3.58. The Morgan fingerprint density at radius 2 is 0.448 bits per heavy atom. The molecule has 9 aliphatic rings. The largest absolute Gasteiger partial charge is 0.293 e. The van der Waals surface area contributed by atoms with Gasteiger partial charge >= 0.3 is 0 Å². The molecule has 15 rings (SSSR count). The molecule has 0 saturated carbocycles. The van der Waals surface area contributed by atoms with Crippen LogP contribution < -0.4 is 0 Å². The van der Waals surface area contributed by atoms with E-state index in [9.17, 15) is 19.2 Å². The number of rotatable bonds is 0. The lowest BCUT2D eigenvalue weighted by Gasteiger charge is -2.26. The zero-order chi connectivity index (χ0) is 39.7. The molecule has 4 nitrogen and oxygen atoms in total. The van der Waals surface area contributed by atoms with Gasteiger partial charge in [0.05, 0.1) is 0 Å². The predicted octanol–water partition coefficient (Wildman–Crippen LogP) is 10.4. The van der Waals surface area contributed by atoms with E-state index in [1.807, 2.05) is 24.3 Å². The van der Waals surface area contributed by atoms with E-state index < -0.39 is 10.8 Å². The molecule has 0 aromatic heterocycles. The van der Waals surface area contributed by atoms with E-state index in [0.29, 0.717) is 47.9 Å². The summed E-state index contributed by atoms with van der Waals surface area (Å²) in [6.07, 6.45) is 13.0. The van der Waals surface area contributed by atoms with Gasteiger partial charge in [-0.2, -0.15) is 0 Å². The topological polar surface area (TPSA) is 68.3 Å². The Morgan fingerprint density at radius 3 is 0.655 bits per heavy atom. The molecule has 0 unspecified atom stereocenters. The Kier molecular flexibility index (Phi) is 9.87. The monoisotopic (exact) mass is 756 g/mol.